The van der Waals surface area contributed by atoms with Crippen LogP contribution in [0.5, 0.6) is 5.75 Å². The second-order valence-corrected chi connectivity index (χ2v) is 7.01. The van der Waals surface area contributed by atoms with Crippen LogP contribution in [0, 0.1) is 18.8 Å². The highest BCUT2D eigenvalue weighted by Crippen LogP contribution is 2.22. The minimum Gasteiger partial charge on any atom is -0.482 e. The highest BCUT2D eigenvalue weighted by Gasteiger charge is 2.25. The Kier molecular flexibility index (Phi) is 6.49. The lowest BCUT2D eigenvalue weighted by Gasteiger charge is -2.34. The first kappa shape index (κ1) is 18.6. The van der Waals surface area contributed by atoms with Crippen LogP contribution in [0.2, 0.25) is 5.02 Å². The van der Waals surface area contributed by atoms with Crippen LogP contribution < -0.4 is 4.74 Å². The van der Waals surface area contributed by atoms with E-state index in [9.17, 15) is 9.59 Å². The topological polar surface area (TPSA) is 55.8 Å². The second-order valence-electron chi connectivity index (χ2n) is 6.61. The molecule has 1 fully saturated rings. The average molecular weight is 354 g/mol. The molecule has 0 spiro atoms. The lowest BCUT2D eigenvalue weighted by molar-refractivity contribution is -0.154. The van der Waals surface area contributed by atoms with Gasteiger partial charge < -0.3 is 14.4 Å². The lowest BCUT2D eigenvalue weighted by Crippen LogP contribution is -2.44. The summed E-state index contributed by atoms with van der Waals surface area (Å²) in [6, 6.07) is 5.14. The lowest BCUT2D eigenvalue weighted by atomic mass is 9.92. The van der Waals surface area contributed by atoms with E-state index in [1.54, 1.807) is 23.1 Å². The summed E-state index contributed by atoms with van der Waals surface area (Å²) in [5.41, 5.74) is 0.867. The molecule has 1 aliphatic rings. The Bertz CT molecular complexity index is 595. The van der Waals surface area contributed by atoms with Gasteiger partial charge in [0.05, 0.1) is 0 Å². The summed E-state index contributed by atoms with van der Waals surface area (Å²) in [4.78, 5) is 25.7. The van der Waals surface area contributed by atoms with Crippen molar-refractivity contribution in [2.75, 3.05) is 26.3 Å². The molecule has 0 radical (unpaired) electrons. The number of amides is 1. The predicted octanol–water partition coefficient (Wildman–Crippen LogP) is 3.07. The number of hydrogen-bond acceptors (Lipinski definition) is 4. The number of rotatable bonds is 5. The van der Waals surface area contributed by atoms with Gasteiger partial charge in [-0.15, -0.1) is 0 Å². The molecular weight excluding hydrogens is 330 g/mol. The van der Waals surface area contributed by atoms with E-state index in [2.05, 4.69) is 13.8 Å². The van der Waals surface area contributed by atoms with Gasteiger partial charge in [-0.3, -0.25) is 4.79 Å². The minimum atomic E-state index is -0.561. The van der Waals surface area contributed by atoms with Crippen molar-refractivity contribution in [3.8, 4) is 5.75 Å². The number of aryl methyl sites for hydroxylation is 1. The minimum absolute atomic E-state index is 0.149. The summed E-state index contributed by atoms with van der Waals surface area (Å²) in [5, 5.41) is 0.639. The molecule has 0 N–H and O–H groups in total. The Hall–Kier alpha value is -1.75. The number of esters is 1. The number of halogens is 1. The third-order valence-electron chi connectivity index (χ3n) is 4.06. The largest absolute Gasteiger partial charge is 0.482 e. The van der Waals surface area contributed by atoms with Crippen LogP contribution in [0.1, 0.15) is 25.8 Å². The number of hydrogen-bond donors (Lipinski definition) is 0. The molecule has 2 rings (SSSR count). The van der Waals surface area contributed by atoms with Gasteiger partial charge >= 0.3 is 5.97 Å². The van der Waals surface area contributed by atoms with E-state index in [1.165, 1.54) is 0 Å². The first-order valence-corrected chi connectivity index (χ1v) is 8.55. The maximum absolute atomic E-state index is 12.1. The maximum atomic E-state index is 12.1. The zero-order valence-corrected chi connectivity index (χ0v) is 15.1. The molecule has 0 unspecified atom stereocenters. The van der Waals surface area contributed by atoms with Crippen LogP contribution in [0.25, 0.3) is 0 Å². The van der Waals surface area contributed by atoms with Gasteiger partial charge in [0.25, 0.3) is 5.91 Å². The fourth-order valence-electron chi connectivity index (χ4n) is 2.99. The van der Waals surface area contributed by atoms with E-state index in [1.807, 2.05) is 6.92 Å². The van der Waals surface area contributed by atoms with Crippen molar-refractivity contribution >= 4 is 23.5 Å². The van der Waals surface area contributed by atoms with Crippen molar-refractivity contribution in [1.82, 2.24) is 4.90 Å². The van der Waals surface area contributed by atoms with E-state index >= 15 is 0 Å². The van der Waals surface area contributed by atoms with Crippen molar-refractivity contribution in [2.45, 2.75) is 27.2 Å². The third kappa shape index (κ3) is 5.41. The fourth-order valence-corrected chi connectivity index (χ4v) is 3.11. The monoisotopic (exact) mass is 353 g/mol. The molecule has 5 nitrogen and oxygen atoms in total. The van der Waals surface area contributed by atoms with Gasteiger partial charge in [-0.05, 0) is 48.9 Å². The smallest absolute Gasteiger partial charge is 0.344 e. The molecule has 1 amide bonds. The number of ether oxygens (including phenoxy) is 2. The summed E-state index contributed by atoms with van der Waals surface area (Å²) >= 11 is 5.93. The van der Waals surface area contributed by atoms with E-state index in [0.717, 1.165) is 25.1 Å². The van der Waals surface area contributed by atoms with Crippen LogP contribution >= 0.6 is 11.6 Å². The van der Waals surface area contributed by atoms with Gasteiger partial charge in [0, 0.05) is 18.1 Å². The molecule has 1 aliphatic heterocycles. The van der Waals surface area contributed by atoms with E-state index in [-0.39, 0.29) is 19.1 Å². The molecule has 6 heteroatoms. The zero-order chi connectivity index (χ0) is 17.7. The second kappa shape index (κ2) is 8.38. The van der Waals surface area contributed by atoms with Crippen molar-refractivity contribution in [3.63, 3.8) is 0 Å². The Morgan fingerprint density at radius 3 is 2.50 bits per heavy atom. The third-order valence-corrected chi connectivity index (χ3v) is 4.49. The molecule has 2 atom stereocenters. The highest BCUT2D eigenvalue weighted by atomic mass is 35.5. The molecule has 1 heterocycles. The van der Waals surface area contributed by atoms with Gasteiger partial charge in [0.1, 0.15) is 5.75 Å². The standard InChI is InChI=1S/C18H24ClNO4/c1-12-6-13(2)9-20(8-12)17(21)10-24-18(22)11-23-15-4-5-16(19)14(3)7-15/h4-5,7,12-13H,6,8-11H2,1-3H3/t12-,13-/m0/s1. The normalized spacial score (nSPS) is 20.6. The summed E-state index contributed by atoms with van der Waals surface area (Å²) in [6.07, 6.45) is 1.12. The van der Waals surface area contributed by atoms with Gasteiger partial charge in [0.15, 0.2) is 13.2 Å². The quantitative estimate of drug-likeness (QED) is 0.763. The molecule has 24 heavy (non-hydrogen) atoms. The summed E-state index contributed by atoms with van der Waals surface area (Å²) < 4.78 is 10.4. The number of carbonyl (C=O) groups is 2. The SMILES string of the molecule is Cc1cc(OCC(=O)OCC(=O)N2C[C@@H](C)C[C@H](C)C2)ccc1Cl. The Balaban J connectivity index is 1.74. The average Bonchev–Trinajstić information content (AvgIpc) is 2.52. The summed E-state index contributed by atoms with van der Waals surface area (Å²) in [7, 11) is 0. The number of carbonyl (C=O) groups excluding carboxylic acids is 2. The van der Waals surface area contributed by atoms with Gasteiger partial charge in [-0.25, -0.2) is 4.79 Å². The predicted molar refractivity (Wildman–Crippen MR) is 92.2 cm³/mol. The van der Waals surface area contributed by atoms with Crippen molar-refractivity contribution in [1.29, 1.82) is 0 Å². The molecule has 0 bridgehead atoms. The Morgan fingerprint density at radius 2 is 1.88 bits per heavy atom. The van der Waals surface area contributed by atoms with Crippen LogP contribution in [-0.2, 0) is 14.3 Å². The molecule has 0 aliphatic carbocycles. The van der Waals surface area contributed by atoms with E-state index in [4.69, 9.17) is 21.1 Å². The number of piperidine rings is 1. The Morgan fingerprint density at radius 1 is 1.21 bits per heavy atom. The number of benzene rings is 1. The summed E-state index contributed by atoms with van der Waals surface area (Å²) in [6.45, 7) is 7.09. The fraction of sp³-hybridized carbons (Fsp3) is 0.556. The van der Waals surface area contributed by atoms with E-state index in [0.29, 0.717) is 22.6 Å². The van der Waals surface area contributed by atoms with Gasteiger partial charge in [-0.1, -0.05) is 25.4 Å². The van der Waals surface area contributed by atoms with Crippen molar-refractivity contribution in [2.24, 2.45) is 11.8 Å². The van der Waals surface area contributed by atoms with Crippen LogP contribution in [-0.4, -0.2) is 43.1 Å². The summed E-state index contributed by atoms with van der Waals surface area (Å²) in [5.74, 6) is 0.784. The maximum Gasteiger partial charge on any atom is 0.344 e. The molecule has 132 valence electrons. The van der Waals surface area contributed by atoms with Crippen LogP contribution in [0.15, 0.2) is 18.2 Å². The molecule has 1 saturated heterocycles. The van der Waals surface area contributed by atoms with E-state index < -0.39 is 5.97 Å². The Labute approximate surface area is 147 Å². The van der Waals surface area contributed by atoms with Crippen LogP contribution in [0.4, 0.5) is 0 Å². The van der Waals surface area contributed by atoms with Crippen molar-refractivity contribution < 1.29 is 19.1 Å². The van der Waals surface area contributed by atoms with Gasteiger partial charge in [0.2, 0.25) is 0 Å². The van der Waals surface area contributed by atoms with Gasteiger partial charge in [-0.2, -0.15) is 0 Å². The molecule has 0 aromatic heterocycles. The number of likely N-dealkylation sites (tertiary alicyclic amines) is 1. The zero-order valence-electron chi connectivity index (χ0n) is 14.4. The number of nitrogens with zero attached hydrogens (tertiary/aromatic N) is 1. The van der Waals surface area contributed by atoms with Crippen molar-refractivity contribution in [3.05, 3.63) is 28.8 Å². The first-order valence-electron chi connectivity index (χ1n) is 8.17. The molecule has 1 aromatic rings. The molecule has 1 aromatic carbocycles. The highest BCUT2D eigenvalue weighted by molar-refractivity contribution is 6.31. The first-order chi connectivity index (χ1) is 11.3. The molecular formula is C18H24ClNO4. The molecule has 0 saturated carbocycles. The van der Waals surface area contributed by atoms with Crippen LogP contribution in [0.3, 0.4) is 0 Å².